The van der Waals surface area contributed by atoms with Crippen molar-refractivity contribution >= 4 is 39.6 Å². The lowest BCUT2D eigenvalue weighted by Gasteiger charge is -2.12. The van der Waals surface area contributed by atoms with Crippen molar-refractivity contribution in [1.82, 2.24) is 5.43 Å². The highest BCUT2D eigenvalue weighted by molar-refractivity contribution is 6.04. The van der Waals surface area contributed by atoms with Crippen LogP contribution in [0.3, 0.4) is 0 Å². The Bertz CT molecular complexity index is 1660. The first kappa shape index (κ1) is 23.6. The van der Waals surface area contributed by atoms with Crippen molar-refractivity contribution in [2.75, 3.05) is 0 Å². The summed E-state index contributed by atoms with van der Waals surface area (Å²) in [5.41, 5.74) is 4.30. The molecule has 7 nitrogen and oxygen atoms in total. The van der Waals surface area contributed by atoms with Gasteiger partial charge in [0.2, 0.25) is 0 Å². The Morgan fingerprint density at radius 2 is 1.51 bits per heavy atom. The maximum Gasteiger partial charge on any atom is 0.335 e. The van der Waals surface area contributed by atoms with Gasteiger partial charge in [-0.2, -0.15) is 5.10 Å². The summed E-state index contributed by atoms with van der Waals surface area (Å²) in [6.07, 6.45) is 1.52. The van der Waals surface area contributed by atoms with Gasteiger partial charge in [-0.3, -0.25) is 4.79 Å². The molecule has 0 saturated carbocycles. The first-order valence-electron chi connectivity index (χ1n) is 11.5. The second kappa shape index (κ2) is 10.2. The lowest BCUT2D eigenvalue weighted by Crippen LogP contribution is -2.17. The van der Waals surface area contributed by atoms with Gasteiger partial charge in [0.1, 0.15) is 18.1 Å². The fourth-order valence-corrected chi connectivity index (χ4v) is 4.07. The molecule has 0 aliphatic carbocycles. The number of aromatic hydroxyl groups is 1. The van der Waals surface area contributed by atoms with Crippen LogP contribution >= 0.6 is 0 Å². The lowest BCUT2D eigenvalue weighted by atomic mass is 10.0. The summed E-state index contributed by atoms with van der Waals surface area (Å²) in [7, 11) is 0. The van der Waals surface area contributed by atoms with E-state index in [0.717, 1.165) is 27.1 Å². The van der Waals surface area contributed by atoms with Crippen LogP contribution in [0.4, 0.5) is 0 Å². The fourth-order valence-electron chi connectivity index (χ4n) is 4.07. The van der Waals surface area contributed by atoms with Gasteiger partial charge in [0.05, 0.1) is 17.3 Å². The highest BCUT2D eigenvalue weighted by Gasteiger charge is 2.13. The Labute approximate surface area is 212 Å². The zero-order valence-corrected chi connectivity index (χ0v) is 19.6. The molecule has 0 spiro atoms. The molecule has 5 rings (SSSR count). The Balaban J connectivity index is 1.39. The van der Waals surface area contributed by atoms with E-state index in [0.29, 0.717) is 11.3 Å². The molecule has 7 heteroatoms. The molecule has 0 fully saturated rings. The zero-order valence-electron chi connectivity index (χ0n) is 19.6. The van der Waals surface area contributed by atoms with Crippen LogP contribution in [0, 0.1) is 0 Å². The van der Waals surface area contributed by atoms with Crippen LogP contribution in [0.5, 0.6) is 11.5 Å². The van der Waals surface area contributed by atoms with E-state index >= 15 is 0 Å². The predicted octanol–water partition coefficient (Wildman–Crippen LogP) is 5.74. The van der Waals surface area contributed by atoms with Crippen molar-refractivity contribution in [3.63, 3.8) is 0 Å². The number of amides is 1. The Kier molecular flexibility index (Phi) is 6.50. The minimum Gasteiger partial charge on any atom is -0.507 e. The number of carboxylic acid groups (broad SMARTS) is 1. The third-order valence-electron chi connectivity index (χ3n) is 5.99. The fraction of sp³-hybridized carbons (Fsp3) is 0.0333. The highest BCUT2D eigenvalue weighted by Crippen LogP contribution is 2.28. The number of hydrogen-bond donors (Lipinski definition) is 3. The molecule has 37 heavy (non-hydrogen) atoms. The number of benzene rings is 5. The summed E-state index contributed by atoms with van der Waals surface area (Å²) in [6, 6.07) is 28.6. The van der Waals surface area contributed by atoms with Crippen LogP contribution in [0.2, 0.25) is 0 Å². The number of carbonyl (C=O) groups is 2. The quantitative estimate of drug-likeness (QED) is 0.199. The average molecular weight is 491 g/mol. The zero-order chi connectivity index (χ0) is 25.8. The van der Waals surface area contributed by atoms with Crippen molar-refractivity contribution in [2.24, 2.45) is 5.10 Å². The number of carbonyl (C=O) groups excluding carboxylic acids is 1. The van der Waals surface area contributed by atoms with Crippen LogP contribution < -0.4 is 10.2 Å². The Hall–Kier alpha value is -5.17. The number of rotatable bonds is 7. The molecule has 0 heterocycles. The summed E-state index contributed by atoms with van der Waals surface area (Å²) >= 11 is 0. The van der Waals surface area contributed by atoms with Gasteiger partial charge < -0.3 is 14.9 Å². The van der Waals surface area contributed by atoms with Crippen molar-refractivity contribution in [2.45, 2.75) is 6.61 Å². The summed E-state index contributed by atoms with van der Waals surface area (Å²) in [4.78, 5) is 23.9. The molecule has 0 unspecified atom stereocenters. The number of aromatic carboxylic acids is 1. The van der Waals surface area contributed by atoms with E-state index in [9.17, 15) is 14.7 Å². The molecule has 182 valence electrons. The number of phenols is 1. The number of phenolic OH excluding ortho intramolecular Hbond substituents is 1. The normalized spacial score (nSPS) is 11.1. The molecule has 0 atom stereocenters. The van der Waals surface area contributed by atoms with Gasteiger partial charge in [0.25, 0.3) is 5.91 Å². The van der Waals surface area contributed by atoms with E-state index in [1.54, 1.807) is 24.3 Å². The van der Waals surface area contributed by atoms with Crippen LogP contribution in [-0.4, -0.2) is 28.3 Å². The number of fused-ring (bicyclic) bond motifs is 2. The van der Waals surface area contributed by atoms with Gasteiger partial charge in [-0.1, -0.05) is 66.7 Å². The van der Waals surface area contributed by atoms with E-state index in [1.165, 1.54) is 18.3 Å². The first-order chi connectivity index (χ1) is 18.0. The molecule has 5 aromatic rings. The molecule has 0 bridgehead atoms. The molecular weight excluding hydrogens is 468 g/mol. The van der Waals surface area contributed by atoms with E-state index in [4.69, 9.17) is 9.84 Å². The second-order valence-electron chi connectivity index (χ2n) is 8.40. The number of nitrogens with zero attached hydrogens (tertiary/aromatic N) is 1. The molecule has 0 aliphatic rings. The van der Waals surface area contributed by atoms with Gasteiger partial charge in [-0.15, -0.1) is 0 Å². The topological polar surface area (TPSA) is 108 Å². The Morgan fingerprint density at radius 3 is 2.24 bits per heavy atom. The van der Waals surface area contributed by atoms with Crippen molar-refractivity contribution in [1.29, 1.82) is 0 Å². The van der Waals surface area contributed by atoms with Crippen LogP contribution in [-0.2, 0) is 6.61 Å². The minimum atomic E-state index is -0.987. The summed E-state index contributed by atoms with van der Waals surface area (Å²) in [5, 5.41) is 27.1. The molecule has 0 radical (unpaired) electrons. The van der Waals surface area contributed by atoms with Gasteiger partial charge in [0, 0.05) is 5.56 Å². The number of carboxylic acids is 1. The highest BCUT2D eigenvalue weighted by atomic mass is 16.5. The van der Waals surface area contributed by atoms with Gasteiger partial charge in [-0.05, 0) is 57.4 Å². The summed E-state index contributed by atoms with van der Waals surface area (Å²) < 4.78 is 6.05. The van der Waals surface area contributed by atoms with Crippen molar-refractivity contribution in [3.05, 3.63) is 119 Å². The summed E-state index contributed by atoms with van der Waals surface area (Å²) in [6.45, 7) is 0.219. The van der Waals surface area contributed by atoms with Crippen LogP contribution in [0.25, 0.3) is 21.5 Å². The minimum absolute atomic E-state index is 0.120. The third-order valence-corrected chi connectivity index (χ3v) is 5.99. The first-order valence-corrected chi connectivity index (χ1v) is 11.5. The number of hydrazone groups is 1. The molecule has 0 aliphatic heterocycles. The standard InChI is InChI=1S/C30H22N2O5/c33-27-16-23-7-2-1-6-22(23)15-25(27)29(34)32-31-17-26-24-8-4-3-5-20(24)13-14-28(26)37-18-19-9-11-21(12-10-19)30(35)36/h1-17,33H,18H2,(H,32,34)(H,35,36). The van der Waals surface area contributed by atoms with E-state index in [-0.39, 0.29) is 23.5 Å². The maximum absolute atomic E-state index is 12.8. The molecule has 3 N–H and O–H groups in total. The van der Waals surface area contributed by atoms with Gasteiger partial charge in [0.15, 0.2) is 0 Å². The van der Waals surface area contributed by atoms with E-state index in [1.807, 2.05) is 60.7 Å². The molecule has 1 amide bonds. The number of nitrogens with one attached hydrogen (secondary N) is 1. The predicted molar refractivity (Wildman–Crippen MR) is 142 cm³/mol. The van der Waals surface area contributed by atoms with Gasteiger partial charge >= 0.3 is 5.97 Å². The lowest BCUT2D eigenvalue weighted by molar-refractivity contribution is 0.0696. The Morgan fingerprint density at radius 1 is 0.838 bits per heavy atom. The molecule has 0 aromatic heterocycles. The van der Waals surface area contributed by atoms with E-state index < -0.39 is 11.9 Å². The van der Waals surface area contributed by atoms with Gasteiger partial charge in [-0.25, -0.2) is 10.2 Å². The number of ether oxygens (including phenoxy) is 1. The monoisotopic (exact) mass is 490 g/mol. The smallest absolute Gasteiger partial charge is 0.335 e. The van der Waals surface area contributed by atoms with Crippen LogP contribution in [0.15, 0.2) is 102 Å². The molecule has 5 aromatic carbocycles. The van der Waals surface area contributed by atoms with Crippen LogP contribution in [0.1, 0.15) is 31.8 Å². The third kappa shape index (κ3) is 5.11. The SMILES string of the molecule is O=C(O)c1ccc(COc2ccc3ccccc3c2C=NNC(=O)c2cc3ccccc3cc2O)cc1. The maximum atomic E-state index is 12.8. The second-order valence-corrected chi connectivity index (χ2v) is 8.40. The van der Waals surface area contributed by atoms with Crippen molar-refractivity contribution < 1.29 is 24.5 Å². The number of hydrogen-bond acceptors (Lipinski definition) is 5. The van der Waals surface area contributed by atoms with Crippen molar-refractivity contribution in [3.8, 4) is 11.5 Å². The average Bonchev–Trinajstić information content (AvgIpc) is 2.92. The molecule has 0 saturated heterocycles. The van der Waals surface area contributed by atoms with E-state index in [2.05, 4.69) is 10.5 Å². The molecular formula is C30H22N2O5. The summed E-state index contributed by atoms with van der Waals surface area (Å²) in [5.74, 6) is -1.11. The largest absolute Gasteiger partial charge is 0.507 e.